The Morgan fingerprint density at radius 1 is 0.902 bits per heavy atom. The topological polar surface area (TPSA) is 112 Å². The van der Waals surface area contributed by atoms with Crippen molar-refractivity contribution in [2.45, 2.75) is 12.0 Å². The summed E-state index contributed by atoms with van der Waals surface area (Å²) in [5, 5.41) is 16.8. The van der Waals surface area contributed by atoms with Crippen molar-refractivity contribution in [3.05, 3.63) is 133 Å². The predicted molar refractivity (Wildman–Crippen MR) is 152 cm³/mol. The fraction of sp³-hybridized carbons (Fsp3) is 0.0968. The van der Waals surface area contributed by atoms with Gasteiger partial charge in [0.1, 0.15) is 17.8 Å². The van der Waals surface area contributed by atoms with Gasteiger partial charge in [0.15, 0.2) is 17.1 Å². The first-order chi connectivity index (χ1) is 20.3. The molecule has 0 spiro atoms. The van der Waals surface area contributed by atoms with Crippen LogP contribution in [-0.2, 0) is 21.4 Å². The van der Waals surface area contributed by atoms with E-state index in [1.807, 2.05) is 91.0 Å². The summed E-state index contributed by atoms with van der Waals surface area (Å²) in [6, 6.07) is 33.3. The number of hydrogen-bond donors (Lipinski definition) is 2. The smallest absolute Gasteiger partial charge is 0.230 e. The molecule has 6 aromatic rings. The second-order valence-electron chi connectivity index (χ2n) is 9.56. The molecule has 10 nitrogen and oxygen atoms in total. The lowest BCUT2D eigenvalue weighted by molar-refractivity contribution is 0.0674. The summed E-state index contributed by atoms with van der Waals surface area (Å²) in [5.74, 6) is 2.54. The number of nitrogens with zero attached hydrogens (tertiary/aromatic N) is 5. The van der Waals surface area contributed by atoms with Crippen LogP contribution in [0.4, 0.5) is 5.69 Å². The van der Waals surface area contributed by atoms with Gasteiger partial charge in [0, 0.05) is 12.1 Å². The van der Waals surface area contributed by atoms with Crippen molar-refractivity contribution in [3.63, 3.8) is 0 Å². The molecular formula is C31H25N7O3. The Hall–Kier alpha value is -5.64. The Kier molecular flexibility index (Phi) is 6.25. The normalized spacial score (nSPS) is 14.1. The Morgan fingerprint density at radius 3 is 2.46 bits per heavy atom. The molecule has 1 aliphatic heterocycles. The Balaban J connectivity index is 1.33. The number of benzene rings is 4. The van der Waals surface area contributed by atoms with Gasteiger partial charge in [-0.3, -0.25) is 0 Å². The molecule has 0 saturated heterocycles. The van der Waals surface area contributed by atoms with Gasteiger partial charge in [-0.15, -0.1) is 5.10 Å². The van der Waals surface area contributed by atoms with E-state index in [0.717, 1.165) is 33.7 Å². The quantitative estimate of drug-likeness (QED) is 0.238. The molecule has 1 atom stereocenters. The maximum atomic E-state index is 6.06. The van der Waals surface area contributed by atoms with Crippen molar-refractivity contribution in [2.24, 2.45) is 0 Å². The third-order valence-corrected chi connectivity index (χ3v) is 6.90. The zero-order valence-corrected chi connectivity index (χ0v) is 21.8. The minimum atomic E-state index is -1.04. The van der Waals surface area contributed by atoms with Crippen LogP contribution in [0.5, 0.6) is 11.5 Å². The molecule has 4 aromatic carbocycles. The molecule has 2 N–H and O–H groups in total. The van der Waals surface area contributed by atoms with Gasteiger partial charge < -0.3 is 24.5 Å². The van der Waals surface area contributed by atoms with Gasteiger partial charge in [0.25, 0.3) is 0 Å². The van der Waals surface area contributed by atoms with Gasteiger partial charge in [-0.2, -0.15) is 4.68 Å². The zero-order chi connectivity index (χ0) is 27.5. The average Bonchev–Trinajstić information content (AvgIpc) is 3.81. The molecule has 0 fully saturated rings. The van der Waals surface area contributed by atoms with Crippen LogP contribution in [0.2, 0.25) is 0 Å². The van der Waals surface area contributed by atoms with Gasteiger partial charge in [-0.25, -0.2) is 4.98 Å². The SMILES string of the molecule is C1=C(C(Cc2ccccc2)(Nc2ccc3[nH]cnc3c2)c2nnnn2-c2ccc(Oc3ccccc3)cc2)OCO1. The van der Waals surface area contributed by atoms with Gasteiger partial charge >= 0.3 is 0 Å². The third kappa shape index (κ3) is 4.82. The lowest BCUT2D eigenvalue weighted by atomic mass is 9.87. The fourth-order valence-corrected chi connectivity index (χ4v) is 4.97. The summed E-state index contributed by atoms with van der Waals surface area (Å²) in [4.78, 5) is 7.57. The number of aromatic amines is 1. The van der Waals surface area contributed by atoms with Crippen LogP contribution in [0.3, 0.4) is 0 Å². The molecule has 0 saturated carbocycles. The molecule has 0 aliphatic carbocycles. The first-order valence-electron chi connectivity index (χ1n) is 13.1. The highest BCUT2D eigenvalue weighted by Crippen LogP contribution is 2.39. The van der Waals surface area contributed by atoms with E-state index in [2.05, 4.69) is 42.9 Å². The highest BCUT2D eigenvalue weighted by Gasteiger charge is 2.45. The summed E-state index contributed by atoms with van der Waals surface area (Å²) in [6.07, 6.45) is 3.77. The van der Waals surface area contributed by atoms with Crippen molar-refractivity contribution in [1.82, 2.24) is 30.2 Å². The van der Waals surface area contributed by atoms with Gasteiger partial charge in [-0.05, 0) is 70.6 Å². The van der Waals surface area contributed by atoms with Gasteiger partial charge in [-0.1, -0.05) is 48.5 Å². The lowest BCUT2D eigenvalue weighted by Gasteiger charge is -2.34. The van der Waals surface area contributed by atoms with Crippen molar-refractivity contribution in [1.29, 1.82) is 0 Å². The highest BCUT2D eigenvalue weighted by atomic mass is 16.7. The highest BCUT2D eigenvalue weighted by molar-refractivity contribution is 5.79. The van der Waals surface area contributed by atoms with Crippen LogP contribution in [-0.4, -0.2) is 37.0 Å². The first kappa shape index (κ1) is 24.4. The first-order valence-corrected chi connectivity index (χ1v) is 13.1. The van der Waals surface area contributed by atoms with Crippen molar-refractivity contribution < 1.29 is 14.2 Å². The average molecular weight is 544 g/mol. The van der Waals surface area contributed by atoms with E-state index in [-0.39, 0.29) is 6.79 Å². The van der Waals surface area contributed by atoms with Gasteiger partial charge in [0.05, 0.1) is 23.0 Å². The minimum Gasteiger partial charge on any atom is -0.461 e. The molecule has 41 heavy (non-hydrogen) atoms. The minimum absolute atomic E-state index is 0.0963. The molecule has 1 unspecified atom stereocenters. The number of ether oxygens (including phenoxy) is 3. The van der Waals surface area contributed by atoms with Crippen molar-refractivity contribution in [3.8, 4) is 17.2 Å². The maximum Gasteiger partial charge on any atom is 0.230 e. The molecule has 0 amide bonds. The number of H-pyrrole nitrogens is 1. The van der Waals surface area contributed by atoms with E-state index in [4.69, 9.17) is 14.2 Å². The fourth-order valence-electron chi connectivity index (χ4n) is 4.97. The van der Waals surface area contributed by atoms with Crippen LogP contribution < -0.4 is 10.1 Å². The molecule has 2 aromatic heterocycles. The third-order valence-electron chi connectivity index (χ3n) is 6.90. The van der Waals surface area contributed by atoms with E-state index >= 15 is 0 Å². The molecule has 0 radical (unpaired) electrons. The number of imidazole rings is 1. The van der Waals surface area contributed by atoms with E-state index in [0.29, 0.717) is 23.8 Å². The molecular weight excluding hydrogens is 518 g/mol. The van der Waals surface area contributed by atoms with Crippen LogP contribution in [0.25, 0.3) is 16.7 Å². The van der Waals surface area contributed by atoms with Crippen LogP contribution in [0.15, 0.2) is 121 Å². The van der Waals surface area contributed by atoms with Crippen LogP contribution >= 0.6 is 0 Å². The maximum absolute atomic E-state index is 6.06. The second kappa shape index (κ2) is 10.5. The van der Waals surface area contributed by atoms with Crippen molar-refractivity contribution in [2.75, 3.05) is 12.1 Å². The number of aromatic nitrogens is 6. The number of nitrogens with one attached hydrogen (secondary N) is 2. The van der Waals surface area contributed by atoms with E-state index in [1.165, 1.54) is 0 Å². The number of fused-ring (bicyclic) bond motifs is 1. The number of para-hydroxylation sites is 1. The Labute approximate surface area is 235 Å². The van der Waals surface area contributed by atoms with Gasteiger partial charge in [0.2, 0.25) is 6.79 Å². The summed E-state index contributed by atoms with van der Waals surface area (Å²) in [5.41, 5.74) is 3.36. The lowest BCUT2D eigenvalue weighted by Crippen LogP contribution is -2.43. The molecule has 0 bridgehead atoms. The number of anilines is 1. The van der Waals surface area contributed by atoms with Crippen LogP contribution in [0.1, 0.15) is 11.4 Å². The molecule has 7 rings (SSSR count). The van der Waals surface area contributed by atoms with Crippen LogP contribution in [0, 0.1) is 0 Å². The second-order valence-corrected chi connectivity index (χ2v) is 9.56. The summed E-state index contributed by atoms with van der Waals surface area (Å²) in [7, 11) is 0. The molecule has 1 aliphatic rings. The van der Waals surface area contributed by atoms with E-state index < -0.39 is 5.54 Å². The Morgan fingerprint density at radius 2 is 1.68 bits per heavy atom. The van der Waals surface area contributed by atoms with E-state index in [9.17, 15) is 0 Å². The predicted octanol–water partition coefficient (Wildman–Crippen LogP) is 5.73. The molecule has 10 heteroatoms. The standard InChI is InChI=1S/C31H25N7O3/c1-3-7-22(8-4-1)18-31(29-19-39-21-40-29,34-23-11-16-27-28(17-23)33-20-32-27)30-35-36-37-38(30)24-12-14-26(15-13-24)41-25-9-5-2-6-10-25/h1-17,19-20,34H,18,21H2,(H,32,33). The molecule has 3 heterocycles. The zero-order valence-electron chi connectivity index (χ0n) is 21.8. The van der Waals surface area contributed by atoms with E-state index in [1.54, 1.807) is 17.3 Å². The monoisotopic (exact) mass is 543 g/mol. The number of rotatable bonds is 9. The largest absolute Gasteiger partial charge is 0.461 e. The Bertz CT molecular complexity index is 1800. The number of hydrogen-bond acceptors (Lipinski definition) is 8. The molecule has 202 valence electrons. The number of tetrazole rings is 1. The summed E-state index contributed by atoms with van der Waals surface area (Å²) >= 11 is 0. The summed E-state index contributed by atoms with van der Waals surface area (Å²) in [6.45, 7) is 0.0963. The summed E-state index contributed by atoms with van der Waals surface area (Å²) < 4.78 is 19.3. The van der Waals surface area contributed by atoms with Crippen molar-refractivity contribution >= 4 is 16.7 Å².